The van der Waals surface area contributed by atoms with Crippen LogP contribution in [0.3, 0.4) is 0 Å². The first kappa shape index (κ1) is 12.9. The monoisotopic (exact) mass is 270 g/mol. The van der Waals surface area contributed by atoms with Gasteiger partial charge in [0.05, 0.1) is 5.69 Å². The predicted molar refractivity (Wildman–Crippen MR) is 79.7 cm³/mol. The lowest BCUT2D eigenvalue weighted by Gasteiger charge is -2.31. The first-order chi connectivity index (χ1) is 9.72. The summed E-state index contributed by atoms with van der Waals surface area (Å²) in [5, 5.41) is 0. The van der Waals surface area contributed by atoms with Crippen LogP contribution >= 0.6 is 0 Å². The molecular weight excluding hydrogens is 252 g/mol. The van der Waals surface area contributed by atoms with Crippen LogP contribution in [-0.4, -0.2) is 29.1 Å². The van der Waals surface area contributed by atoms with Gasteiger partial charge in [-0.15, -0.1) is 0 Å². The Labute approximate surface area is 117 Å². The first-order valence-electron chi connectivity index (χ1n) is 6.90. The third kappa shape index (κ3) is 2.72. The molecule has 2 aromatic rings. The van der Waals surface area contributed by atoms with E-state index < -0.39 is 0 Å². The minimum atomic E-state index is -0.131. The molecule has 0 spiro atoms. The highest BCUT2D eigenvalue weighted by molar-refractivity contribution is 5.59. The minimum Gasteiger partial charge on any atom is -0.341 e. The smallest absolute Gasteiger partial charge is 0.252 e. The highest BCUT2D eigenvalue weighted by atomic mass is 16.1. The molecule has 1 saturated heterocycles. The normalized spacial score (nSPS) is 19.1. The van der Waals surface area contributed by atoms with Gasteiger partial charge in [0.2, 0.25) is 5.95 Å². The standard InChI is InChI=1S/C15H18N4O/c16-12-7-4-8-19(10-12)15-17-13(9-14(20)18-15)11-5-2-1-3-6-11/h1-3,5-6,9,12H,4,7-8,10,16H2,(H,17,18,20)/t12-/m1/s1. The number of hydrogen-bond donors (Lipinski definition) is 2. The van der Waals surface area contributed by atoms with Crippen molar-refractivity contribution in [3.8, 4) is 11.3 Å². The lowest BCUT2D eigenvalue weighted by Crippen LogP contribution is -2.44. The molecule has 20 heavy (non-hydrogen) atoms. The molecule has 1 aromatic carbocycles. The number of anilines is 1. The summed E-state index contributed by atoms with van der Waals surface area (Å²) < 4.78 is 0. The van der Waals surface area contributed by atoms with E-state index in [9.17, 15) is 4.79 Å². The topological polar surface area (TPSA) is 75.0 Å². The maximum absolute atomic E-state index is 11.9. The van der Waals surface area contributed by atoms with E-state index in [1.165, 1.54) is 6.07 Å². The molecule has 0 bridgehead atoms. The Kier molecular flexibility index (Phi) is 3.52. The fraction of sp³-hybridized carbons (Fsp3) is 0.333. The number of rotatable bonds is 2. The van der Waals surface area contributed by atoms with Gasteiger partial charge in [-0.2, -0.15) is 0 Å². The zero-order chi connectivity index (χ0) is 13.9. The molecule has 1 aliphatic heterocycles. The molecule has 1 aromatic heterocycles. The summed E-state index contributed by atoms with van der Waals surface area (Å²) in [5.41, 5.74) is 7.50. The third-order valence-corrected chi connectivity index (χ3v) is 3.56. The van der Waals surface area contributed by atoms with Crippen LogP contribution in [0.25, 0.3) is 11.3 Å². The van der Waals surface area contributed by atoms with Crippen LogP contribution in [0.2, 0.25) is 0 Å². The van der Waals surface area contributed by atoms with E-state index in [0.717, 1.165) is 31.5 Å². The van der Waals surface area contributed by atoms with Gasteiger partial charge in [0.25, 0.3) is 5.56 Å². The third-order valence-electron chi connectivity index (χ3n) is 3.56. The molecule has 3 N–H and O–H groups in total. The molecule has 5 heteroatoms. The number of aromatic amines is 1. The second-order valence-electron chi connectivity index (χ2n) is 5.17. The van der Waals surface area contributed by atoms with Gasteiger partial charge < -0.3 is 10.6 Å². The highest BCUT2D eigenvalue weighted by Crippen LogP contribution is 2.19. The molecule has 2 heterocycles. The fourth-order valence-electron chi connectivity index (χ4n) is 2.55. The minimum absolute atomic E-state index is 0.131. The van der Waals surface area contributed by atoms with E-state index in [1.54, 1.807) is 0 Å². The summed E-state index contributed by atoms with van der Waals surface area (Å²) in [6.45, 7) is 1.62. The Balaban J connectivity index is 1.97. The van der Waals surface area contributed by atoms with E-state index in [2.05, 4.69) is 14.9 Å². The molecular formula is C15H18N4O. The van der Waals surface area contributed by atoms with E-state index in [-0.39, 0.29) is 11.6 Å². The maximum Gasteiger partial charge on any atom is 0.252 e. The fourth-order valence-corrected chi connectivity index (χ4v) is 2.55. The zero-order valence-corrected chi connectivity index (χ0v) is 11.2. The van der Waals surface area contributed by atoms with E-state index in [1.807, 2.05) is 30.3 Å². The summed E-state index contributed by atoms with van der Waals surface area (Å²) in [5.74, 6) is 0.617. The predicted octanol–water partition coefficient (Wildman–Crippen LogP) is 1.36. The van der Waals surface area contributed by atoms with E-state index >= 15 is 0 Å². The van der Waals surface area contributed by atoms with Gasteiger partial charge in [-0.3, -0.25) is 9.78 Å². The number of H-pyrrole nitrogens is 1. The van der Waals surface area contributed by atoms with Crippen molar-refractivity contribution in [2.75, 3.05) is 18.0 Å². The van der Waals surface area contributed by atoms with Gasteiger partial charge in [-0.1, -0.05) is 30.3 Å². The molecule has 104 valence electrons. The molecule has 0 aliphatic carbocycles. The Morgan fingerprint density at radius 2 is 2.10 bits per heavy atom. The van der Waals surface area contributed by atoms with Crippen molar-refractivity contribution in [2.24, 2.45) is 5.73 Å². The van der Waals surface area contributed by atoms with E-state index in [4.69, 9.17) is 5.73 Å². The van der Waals surface area contributed by atoms with Crippen molar-refractivity contribution in [1.29, 1.82) is 0 Å². The van der Waals surface area contributed by atoms with Gasteiger partial charge >= 0.3 is 0 Å². The van der Waals surface area contributed by atoms with Gasteiger partial charge in [-0.25, -0.2) is 4.98 Å². The highest BCUT2D eigenvalue weighted by Gasteiger charge is 2.19. The molecule has 0 radical (unpaired) electrons. The van der Waals surface area contributed by atoms with Gasteiger partial charge in [0, 0.05) is 30.8 Å². The number of aromatic nitrogens is 2. The van der Waals surface area contributed by atoms with Crippen LogP contribution in [0.15, 0.2) is 41.2 Å². The first-order valence-corrected chi connectivity index (χ1v) is 6.90. The summed E-state index contributed by atoms with van der Waals surface area (Å²) in [6.07, 6.45) is 2.06. The van der Waals surface area contributed by atoms with Crippen LogP contribution < -0.4 is 16.2 Å². The second-order valence-corrected chi connectivity index (χ2v) is 5.17. The molecule has 0 saturated carbocycles. The number of nitrogens with two attached hydrogens (primary N) is 1. The number of nitrogens with one attached hydrogen (secondary N) is 1. The molecule has 3 rings (SSSR count). The largest absolute Gasteiger partial charge is 0.341 e. The summed E-state index contributed by atoms with van der Waals surface area (Å²) >= 11 is 0. The van der Waals surface area contributed by atoms with Crippen molar-refractivity contribution in [3.63, 3.8) is 0 Å². The van der Waals surface area contributed by atoms with Crippen LogP contribution in [0.5, 0.6) is 0 Å². The van der Waals surface area contributed by atoms with Crippen LogP contribution in [0.1, 0.15) is 12.8 Å². The molecule has 1 atom stereocenters. The average molecular weight is 270 g/mol. The molecule has 0 amide bonds. The Hall–Kier alpha value is -2.14. The Morgan fingerprint density at radius 3 is 2.85 bits per heavy atom. The van der Waals surface area contributed by atoms with Crippen LogP contribution in [0, 0.1) is 0 Å². The summed E-state index contributed by atoms with van der Waals surface area (Å²) in [7, 11) is 0. The number of nitrogens with zero attached hydrogens (tertiary/aromatic N) is 2. The number of benzene rings is 1. The Bertz CT molecular complexity index is 638. The zero-order valence-electron chi connectivity index (χ0n) is 11.2. The van der Waals surface area contributed by atoms with Crippen molar-refractivity contribution in [3.05, 3.63) is 46.8 Å². The van der Waals surface area contributed by atoms with Crippen molar-refractivity contribution in [1.82, 2.24) is 9.97 Å². The van der Waals surface area contributed by atoms with Gasteiger partial charge in [0.15, 0.2) is 0 Å². The average Bonchev–Trinajstić information content (AvgIpc) is 2.47. The van der Waals surface area contributed by atoms with E-state index in [0.29, 0.717) is 11.6 Å². The molecule has 0 unspecified atom stereocenters. The van der Waals surface area contributed by atoms with Crippen LogP contribution in [-0.2, 0) is 0 Å². The van der Waals surface area contributed by atoms with Crippen LogP contribution in [0.4, 0.5) is 5.95 Å². The lowest BCUT2D eigenvalue weighted by molar-refractivity contribution is 0.499. The lowest BCUT2D eigenvalue weighted by atomic mass is 10.1. The van der Waals surface area contributed by atoms with Gasteiger partial charge in [-0.05, 0) is 12.8 Å². The number of hydrogen-bond acceptors (Lipinski definition) is 4. The molecule has 1 fully saturated rings. The summed E-state index contributed by atoms with van der Waals surface area (Å²) in [4.78, 5) is 21.3. The number of piperidine rings is 1. The second kappa shape index (κ2) is 5.46. The quantitative estimate of drug-likeness (QED) is 0.864. The SMILES string of the molecule is N[C@@H]1CCCN(c2nc(-c3ccccc3)cc(=O)[nH]2)C1. The summed E-state index contributed by atoms with van der Waals surface area (Å²) in [6, 6.07) is 11.4. The molecule has 5 nitrogen and oxygen atoms in total. The van der Waals surface area contributed by atoms with Crippen molar-refractivity contribution >= 4 is 5.95 Å². The van der Waals surface area contributed by atoms with Crippen molar-refractivity contribution in [2.45, 2.75) is 18.9 Å². The van der Waals surface area contributed by atoms with Gasteiger partial charge in [0.1, 0.15) is 0 Å². The Morgan fingerprint density at radius 1 is 1.30 bits per heavy atom. The molecule has 1 aliphatic rings. The van der Waals surface area contributed by atoms with Crippen molar-refractivity contribution < 1.29 is 0 Å². The maximum atomic E-state index is 11.9.